The Morgan fingerprint density at radius 3 is 2.44 bits per heavy atom. The van der Waals surface area contributed by atoms with Crippen LogP contribution in [0.25, 0.3) is 11.3 Å². The molecular formula is C29H23N7O3. The fraction of sp³-hybridized carbons (Fsp3) is 0.103. The summed E-state index contributed by atoms with van der Waals surface area (Å²) in [7, 11) is 0. The molecule has 3 aromatic carbocycles. The number of benzene rings is 3. The maximum absolute atomic E-state index is 10.9. The standard InChI is InChI=1S/C29H23N7O3/c1-4-21-5-9-24(10-6-21)31-29-30-14-13-27(32-29)39-28-19(2)15-23(16-20(28)3)26-18-35(34-33-26)17-22-7-11-25(12-8-22)36(37)38/h1,5-16,18H,17H2,2-3H3,(H,30,31,32). The number of ether oxygens (including phenoxy) is 1. The van der Waals surface area contributed by atoms with Crippen molar-refractivity contribution in [3.63, 3.8) is 0 Å². The molecule has 0 atom stereocenters. The van der Waals surface area contributed by atoms with E-state index in [9.17, 15) is 10.1 Å². The molecule has 0 aliphatic heterocycles. The van der Waals surface area contributed by atoms with Crippen molar-refractivity contribution in [2.24, 2.45) is 0 Å². The van der Waals surface area contributed by atoms with Crippen molar-refractivity contribution in [3.05, 3.63) is 111 Å². The summed E-state index contributed by atoms with van der Waals surface area (Å²) in [4.78, 5) is 19.2. The van der Waals surface area contributed by atoms with Crippen LogP contribution >= 0.6 is 0 Å². The van der Waals surface area contributed by atoms with Crippen molar-refractivity contribution >= 4 is 17.3 Å². The number of non-ortho nitro benzene ring substituents is 1. The highest BCUT2D eigenvalue weighted by molar-refractivity contribution is 5.63. The molecule has 39 heavy (non-hydrogen) atoms. The van der Waals surface area contributed by atoms with Crippen LogP contribution in [0.15, 0.2) is 79.1 Å². The molecule has 0 aliphatic rings. The van der Waals surface area contributed by atoms with Crippen LogP contribution in [-0.4, -0.2) is 29.9 Å². The van der Waals surface area contributed by atoms with E-state index in [1.807, 2.05) is 56.4 Å². The molecule has 10 nitrogen and oxygen atoms in total. The van der Waals surface area contributed by atoms with Gasteiger partial charge < -0.3 is 10.1 Å². The van der Waals surface area contributed by atoms with Crippen LogP contribution in [-0.2, 0) is 6.54 Å². The first-order valence-electron chi connectivity index (χ1n) is 12.0. The maximum atomic E-state index is 10.9. The minimum atomic E-state index is -0.420. The molecule has 0 saturated carbocycles. The number of nitrogens with zero attached hydrogens (tertiary/aromatic N) is 6. The van der Waals surface area contributed by atoms with E-state index in [2.05, 4.69) is 31.5 Å². The predicted molar refractivity (Wildman–Crippen MR) is 147 cm³/mol. The van der Waals surface area contributed by atoms with Crippen molar-refractivity contribution in [1.29, 1.82) is 0 Å². The zero-order chi connectivity index (χ0) is 27.4. The highest BCUT2D eigenvalue weighted by atomic mass is 16.6. The van der Waals surface area contributed by atoms with E-state index in [0.29, 0.717) is 29.8 Å². The highest BCUT2D eigenvalue weighted by Crippen LogP contribution is 2.32. The van der Waals surface area contributed by atoms with Crippen LogP contribution in [0.4, 0.5) is 17.3 Å². The predicted octanol–water partition coefficient (Wildman–Crippen LogP) is 5.83. The van der Waals surface area contributed by atoms with Crippen LogP contribution in [0.5, 0.6) is 11.6 Å². The number of hydrogen-bond donors (Lipinski definition) is 1. The molecule has 192 valence electrons. The van der Waals surface area contributed by atoms with Gasteiger partial charge in [-0.3, -0.25) is 10.1 Å². The molecule has 0 bridgehead atoms. The topological polar surface area (TPSA) is 121 Å². The molecule has 2 aromatic heterocycles. The minimum Gasteiger partial charge on any atom is -0.438 e. The second-order valence-corrected chi connectivity index (χ2v) is 8.83. The van der Waals surface area contributed by atoms with Crippen molar-refractivity contribution in [1.82, 2.24) is 25.0 Å². The smallest absolute Gasteiger partial charge is 0.269 e. The van der Waals surface area contributed by atoms with E-state index >= 15 is 0 Å². The van der Waals surface area contributed by atoms with E-state index in [4.69, 9.17) is 11.2 Å². The van der Waals surface area contributed by atoms with Crippen molar-refractivity contribution in [2.45, 2.75) is 20.4 Å². The van der Waals surface area contributed by atoms with Crippen LogP contribution < -0.4 is 10.1 Å². The van der Waals surface area contributed by atoms with E-state index in [0.717, 1.165) is 33.5 Å². The number of anilines is 2. The summed E-state index contributed by atoms with van der Waals surface area (Å²) in [6.07, 6.45) is 8.89. The van der Waals surface area contributed by atoms with Gasteiger partial charge in [0.05, 0.1) is 17.7 Å². The summed E-state index contributed by atoms with van der Waals surface area (Å²) >= 11 is 0. The van der Waals surface area contributed by atoms with Gasteiger partial charge in [-0.1, -0.05) is 23.3 Å². The number of nitrogens with one attached hydrogen (secondary N) is 1. The quantitative estimate of drug-likeness (QED) is 0.155. The van der Waals surface area contributed by atoms with Crippen molar-refractivity contribution < 1.29 is 9.66 Å². The van der Waals surface area contributed by atoms with Gasteiger partial charge in [-0.25, -0.2) is 9.67 Å². The maximum Gasteiger partial charge on any atom is 0.269 e. The Kier molecular flexibility index (Phi) is 6.96. The Morgan fingerprint density at radius 2 is 1.77 bits per heavy atom. The van der Waals surface area contributed by atoms with Gasteiger partial charge in [0.25, 0.3) is 5.69 Å². The molecule has 0 unspecified atom stereocenters. The van der Waals surface area contributed by atoms with Gasteiger partial charge in [-0.05, 0) is 66.9 Å². The summed E-state index contributed by atoms with van der Waals surface area (Å²) in [6, 6.07) is 19.4. The second kappa shape index (κ2) is 10.8. The van der Waals surface area contributed by atoms with Gasteiger partial charge in [-0.2, -0.15) is 4.98 Å². The molecule has 1 N–H and O–H groups in total. The molecule has 10 heteroatoms. The molecule has 0 amide bonds. The lowest BCUT2D eigenvalue weighted by Gasteiger charge is -2.13. The summed E-state index contributed by atoms with van der Waals surface area (Å²) in [6.45, 7) is 4.36. The fourth-order valence-electron chi connectivity index (χ4n) is 4.02. The first kappa shape index (κ1) is 25.1. The van der Waals surface area contributed by atoms with E-state index in [1.54, 1.807) is 29.1 Å². The van der Waals surface area contributed by atoms with Crippen molar-refractivity contribution in [2.75, 3.05) is 5.32 Å². The summed E-state index contributed by atoms with van der Waals surface area (Å²) in [5.74, 6) is 4.09. The first-order valence-corrected chi connectivity index (χ1v) is 12.0. The van der Waals surface area contributed by atoms with Gasteiger partial charge in [-0.15, -0.1) is 11.5 Å². The second-order valence-electron chi connectivity index (χ2n) is 8.83. The molecular weight excluding hydrogens is 494 g/mol. The molecule has 0 saturated heterocycles. The Hall–Kier alpha value is -5.56. The van der Waals surface area contributed by atoms with E-state index in [1.165, 1.54) is 12.1 Å². The average Bonchev–Trinajstić information content (AvgIpc) is 3.40. The van der Waals surface area contributed by atoms with Crippen LogP contribution in [0, 0.1) is 36.3 Å². The third-order valence-electron chi connectivity index (χ3n) is 5.93. The normalized spacial score (nSPS) is 10.6. The number of hydrogen-bond acceptors (Lipinski definition) is 8. The number of nitro benzene ring substituents is 1. The van der Waals surface area contributed by atoms with Gasteiger partial charge in [0.15, 0.2) is 0 Å². The van der Waals surface area contributed by atoms with Crippen LogP contribution in [0.1, 0.15) is 22.3 Å². The Morgan fingerprint density at radius 1 is 1.05 bits per heavy atom. The van der Waals surface area contributed by atoms with Crippen molar-refractivity contribution in [3.8, 4) is 35.2 Å². The Balaban J connectivity index is 1.30. The zero-order valence-electron chi connectivity index (χ0n) is 21.2. The lowest BCUT2D eigenvalue weighted by Crippen LogP contribution is -2.00. The molecule has 0 spiro atoms. The average molecular weight is 518 g/mol. The third kappa shape index (κ3) is 5.89. The summed E-state index contributed by atoms with van der Waals surface area (Å²) < 4.78 is 7.85. The Labute approximate surface area is 224 Å². The van der Waals surface area contributed by atoms with E-state index in [-0.39, 0.29) is 5.69 Å². The lowest BCUT2D eigenvalue weighted by molar-refractivity contribution is -0.384. The molecule has 2 heterocycles. The molecule has 5 aromatic rings. The van der Waals surface area contributed by atoms with Gasteiger partial charge in [0.1, 0.15) is 11.4 Å². The zero-order valence-corrected chi connectivity index (χ0v) is 21.2. The molecule has 0 fully saturated rings. The number of aromatic nitrogens is 5. The summed E-state index contributed by atoms with van der Waals surface area (Å²) in [5.41, 5.74) is 5.96. The van der Waals surface area contributed by atoms with Crippen LogP contribution in [0.2, 0.25) is 0 Å². The molecule has 0 radical (unpaired) electrons. The number of aryl methyl sites for hydroxylation is 2. The largest absolute Gasteiger partial charge is 0.438 e. The number of nitro groups is 1. The van der Waals surface area contributed by atoms with Crippen LogP contribution in [0.3, 0.4) is 0 Å². The number of rotatable bonds is 8. The third-order valence-corrected chi connectivity index (χ3v) is 5.93. The summed E-state index contributed by atoms with van der Waals surface area (Å²) in [5, 5.41) is 22.5. The number of terminal acetylenes is 1. The molecule has 0 aliphatic carbocycles. The molecule has 5 rings (SSSR count). The minimum absolute atomic E-state index is 0.0520. The fourth-order valence-corrected chi connectivity index (χ4v) is 4.02. The van der Waals surface area contributed by atoms with Gasteiger partial charge in [0.2, 0.25) is 11.8 Å². The Bertz CT molecular complexity index is 1660. The SMILES string of the molecule is C#Cc1ccc(Nc2nccc(Oc3c(C)cc(-c4cn(Cc5ccc([N+](=O)[O-])cc5)nn4)cc3C)n2)cc1. The first-order chi connectivity index (χ1) is 18.9. The monoisotopic (exact) mass is 517 g/mol. The van der Waals surface area contributed by atoms with E-state index < -0.39 is 4.92 Å². The van der Waals surface area contributed by atoms with Gasteiger partial charge >= 0.3 is 0 Å². The van der Waals surface area contributed by atoms with Gasteiger partial charge in [0, 0.05) is 41.2 Å². The lowest BCUT2D eigenvalue weighted by atomic mass is 10.0. The highest BCUT2D eigenvalue weighted by Gasteiger charge is 2.13.